The molecule has 5 aromatic carbocycles. The van der Waals surface area contributed by atoms with Crippen LogP contribution in [0, 0.1) is 11.8 Å². The highest BCUT2D eigenvalue weighted by Crippen LogP contribution is 2.45. The van der Waals surface area contributed by atoms with Crippen molar-refractivity contribution in [2.24, 2.45) is 22.6 Å². The molecule has 0 fully saturated rings. The van der Waals surface area contributed by atoms with E-state index >= 15 is 0 Å². The van der Waals surface area contributed by atoms with E-state index in [0.29, 0.717) is 56.3 Å². The standard InChI is InChI=1S/C58H77N7O9.2CH4.2H2S/c1-9-39(4)52(55(69)73-36-40-20-11-10-12-21-40)65-54(68)46(27-19-34-61-56(59)60-8)64-53(67)45(26-17-18-33-62-57(70)74-58(5,6)7)63-49(66)37-72-48-31-29-42-23-14-16-25-44(42)51(48)50-43-24-15-13-22-41(43)28-30-47(50)71-35-32-38(2)3;;;;/h10-16,20-25,28-31,38-39,45-46,52H,9,17-19,26-27,32-37H2,1-8H3,(H,62,70)(H,63,66)(H,64,67)(H,65,68)(H3,59,60,61);2*1H4;2*1H2/t39?,45-,46-,52+;;;;/m1..../s1. The van der Waals surface area contributed by atoms with Gasteiger partial charge >= 0.3 is 12.1 Å². The van der Waals surface area contributed by atoms with Crippen LogP contribution in [0.15, 0.2) is 108 Å². The van der Waals surface area contributed by atoms with Gasteiger partial charge in [0.05, 0.1) is 6.61 Å². The zero-order chi connectivity index (χ0) is 53.6. The summed E-state index contributed by atoms with van der Waals surface area (Å²) in [4.78, 5) is 72.9. The van der Waals surface area contributed by atoms with Crippen LogP contribution < -0.4 is 41.8 Å². The van der Waals surface area contributed by atoms with E-state index in [1.54, 1.807) is 27.8 Å². The molecule has 7 N–H and O–H groups in total. The van der Waals surface area contributed by atoms with Crippen molar-refractivity contribution in [3.05, 3.63) is 109 Å². The maximum absolute atomic E-state index is 14.5. The Bertz CT molecular complexity index is 2680. The first kappa shape index (κ1) is 69.4. The van der Waals surface area contributed by atoms with Gasteiger partial charge in [0.15, 0.2) is 12.6 Å². The number of carbonyl (C=O) groups is 5. The van der Waals surface area contributed by atoms with Gasteiger partial charge in [-0.2, -0.15) is 27.0 Å². The molecular formula is C60H89N7O9S2. The molecule has 0 bridgehead atoms. The average Bonchev–Trinajstić information content (AvgIpc) is 3.38. The highest BCUT2D eigenvalue weighted by atomic mass is 32.1. The first-order chi connectivity index (χ1) is 35.5. The van der Waals surface area contributed by atoms with E-state index in [-0.39, 0.29) is 79.7 Å². The lowest BCUT2D eigenvalue weighted by Gasteiger charge is -2.27. The minimum absolute atomic E-state index is 0. The molecule has 1 unspecified atom stereocenters. The van der Waals surface area contributed by atoms with Crippen LogP contribution in [0.3, 0.4) is 0 Å². The molecule has 0 aliphatic carbocycles. The van der Waals surface area contributed by atoms with Crippen molar-refractivity contribution in [1.29, 1.82) is 0 Å². The lowest BCUT2D eigenvalue weighted by Crippen LogP contribution is -2.57. The quantitative estimate of drug-likeness (QED) is 0.0126. The number of nitrogens with zero attached hydrogens (tertiary/aromatic N) is 1. The zero-order valence-corrected chi connectivity index (χ0v) is 47.4. The Morgan fingerprint density at radius 2 is 1.18 bits per heavy atom. The topological polar surface area (TPSA) is 221 Å². The number of nitrogens with one attached hydrogen (secondary N) is 5. The van der Waals surface area contributed by atoms with Gasteiger partial charge in [-0.15, -0.1) is 0 Å². The van der Waals surface area contributed by atoms with Gasteiger partial charge in [0.25, 0.3) is 5.91 Å². The van der Waals surface area contributed by atoms with Crippen molar-refractivity contribution >= 4 is 84.3 Å². The van der Waals surface area contributed by atoms with Gasteiger partial charge in [-0.3, -0.25) is 19.4 Å². The Labute approximate surface area is 477 Å². The molecule has 0 aromatic heterocycles. The molecule has 4 amide bonds. The van der Waals surface area contributed by atoms with Crippen LogP contribution in [0.1, 0.15) is 114 Å². The zero-order valence-electron chi connectivity index (χ0n) is 45.4. The summed E-state index contributed by atoms with van der Waals surface area (Å²) >= 11 is 0. The molecule has 78 heavy (non-hydrogen) atoms. The molecule has 18 heteroatoms. The van der Waals surface area contributed by atoms with Crippen LogP contribution in [0.4, 0.5) is 4.79 Å². The number of ether oxygens (including phenoxy) is 4. The normalized spacial score (nSPS) is 12.6. The number of fused-ring (bicyclic) bond motifs is 2. The molecule has 430 valence electrons. The number of rotatable bonds is 27. The van der Waals surface area contributed by atoms with E-state index in [4.69, 9.17) is 24.7 Å². The number of esters is 1. The number of hydrogen-bond donors (Lipinski definition) is 6. The third-order valence-corrected chi connectivity index (χ3v) is 12.4. The Kier molecular flexibility index (Phi) is 31.1. The fraction of sp³-hybridized carbons (Fsp3) is 0.467. The molecular weight excluding hydrogens is 1030 g/mol. The smallest absolute Gasteiger partial charge is 0.407 e. The summed E-state index contributed by atoms with van der Waals surface area (Å²) in [7, 11) is 1.55. The fourth-order valence-electron chi connectivity index (χ4n) is 8.17. The highest BCUT2D eigenvalue weighted by molar-refractivity contribution is 7.59. The van der Waals surface area contributed by atoms with Gasteiger partial charge in [0, 0.05) is 31.3 Å². The SMILES string of the molecule is C.C.CCC(C)[C@H](NC(=O)[C@@H](CCCNC(N)=NC)NC(=O)[C@@H](CCCCNC(=O)OC(C)(C)C)NC(=O)COc1ccc2ccccc2c1-c1c(OCCC(C)C)ccc2ccccc12)C(=O)OCc1ccccc1.S.S. The Morgan fingerprint density at radius 3 is 1.76 bits per heavy atom. The molecule has 0 spiro atoms. The van der Waals surface area contributed by atoms with Gasteiger partial charge < -0.3 is 51.3 Å². The first-order valence-corrected chi connectivity index (χ1v) is 25.8. The van der Waals surface area contributed by atoms with E-state index < -0.39 is 60.1 Å². The van der Waals surface area contributed by atoms with Crippen molar-refractivity contribution in [3.8, 4) is 22.6 Å². The first-order valence-electron chi connectivity index (χ1n) is 25.8. The van der Waals surface area contributed by atoms with Gasteiger partial charge in [-0.05, 0) is 110 Å². The minimum atomic E-state index is -1.14. The summed E-state index contributed by atoms with van der Waals surface area (Å²) in [6, 6.07) is 29.8. The van der Waals surface area contributed by atoms with Crippen molar-refractivity contribution in [2.75, 3.05) is 33.4 Å². The molecule has 16 nitrogen and oxygen atoms in total. The summed E-state index contributed by atoms with van der Waals surface area (Å²) in [5.74, 6) is -0.958. The third kappa shape index (κ3) is 22.0. The maximum Gasteiger partial charge on any atom is 0.407 e. The van der Waals surface area contributed by atoms with Crippen LogP contribution in [-0.2, 0) is 35.3 Å². The second-order valence-corrected chi connectivity index (χ2v) is 19.9. The Balaban J connectivity index is 0.00000760. The second-order valence-electron chi connectivity index (χ2n) is 19.9. The monoisotopic (exact) mass is 1120 g/mol. The summed E-state index contributed by atoms with van der Waals surface area (Å²) < 4.78 is 24.0. The van der Waals surface area contributed by atoms with Crippen LogP contribution in [0.25, 0.3) is 32.7 Å². The summed E-state index contributed by atoms with van der Waals surface area (Å²) in [5, 5.41) is 18.2. The number of unbranched alkanes of at least 4 members (excludes halogenated alkanes) is 1. The van der Waals surface area contributed by atoms with Gasteiger partial charge in [-0.1, -0.05) is 140 Å². The Hall–Kier alpha value is -6.66. The van der Waals surface area contributed by atoms with Crippen molar-refractivity contribution in [1.82, 2.24) is 26.6 Å². The lowest BCUT2D eigenvalue weighted by atomic mass is 9.92. The summed E-state index contributed by atoms with van der Waals surface area (Å²) in [5.41, 5.74) is 7.58. The average molecular weight is 1120 g/mol. The van der Waals surface area contributed by atoms with E-state index in [1.807, 2.05) is 117 Å². The fourth-order valence-corrected chi connectivity index (χ4v) is 8.17. The van der Waals surface area contributed by atoms with E-state index in [9.17, 15) is 24.0 Å². The molecule has 0 saturated heterocycles. The highest BCUT2D eigenvalue weighted by Gasteiger charge is 2.33. The lowest BCUT2D eigenvalue weighted by molar-refractivity contribution is -0.151. The van der Waals surface area contributed by atoms with Crippen molar-refractivity contribution < 1.29 is 42.9 Å². The predicted molar refractivity (Wildman–Crippen MR) is 326 cm³/mol. The number of carbonyl (C=O) groups excluding carboxylic acids is 5. The molecule has 0 saturated carbocycles. The largest absolute Gasteiger partial charge is 0.493 e. The number of nitrogens with two attached hydrogens (primary N) is 1. The number of amides is 4. The second kappa shape index (κ2) is 35.0. The van der Waals surface area contributed by atoms with Gasteiger partial charge in [0.1, 0.15) is 41.8 Å². The van der Waals surface area contributed by atoms with Crippen LogP contribution in [-0.4, -0.2) is 92.8 Å². The van der Waals surface area contributed by atoms with Crippen LogP contribution in [0.2, 0.25) is 0 Å². The van der Waals surface area contributed by atoms with Crippen LogP contribution in [0.5, 0.6) is 11.5 Å². The van der Waals surface area contributed by atoms with Crippen LogP contribution >= 0.6 is 27.0 Å². The maximum atomic E-state index is 14.5. The number of alkyl carbamates (subject to hydrolysis) is 1. The van der Waals surface area contributed by atoms with Gasteiger partial charge in [0.2, 0.25) is 11.8 Å². The minimum Gasteiger partial charge on any atom is -0.493 e. The molecule has 5 rings (SSSR count). The molecule has 5 aromatic rings. The van der Waals surface area contributed by atoms with Crippen molar-refractivity contribution in [2.45, 2.75) is 139 Å². The van der Waals surface area contributed by atoms with E-state index in [2.05, 4.69) is 45.4 Å². The van der Waals surface area contributed by atoms with E-state index in [0.717, 1.165) is 44.7 Å². The molecule has 0 aliphatic heterocycles. The van der Waals surface area contributed by atoms with Crippen molar-refractivity contribution in [3.63, 3.8) is 0 Å². The predicted octanol–water partition coefficient (Wildman–Crippen LogP) is 10.2. The summed E-state index contributed by atoms with van der Waals surface area (Å²) in [6.45, 7) is 14.0. The molecule has 0 aliphatic rings. The number of guanidine groups is 1. The summed E-state index contributed by atoms with van der Waals surface area (Å²) in [6.07, 6.45) is 2.33. The number of hydrogen-bond acceptors (Lipinski definition) is 10. The Morgan fingerprint density at radius 1 is 0.641 bits per heavy atom. The van der Waals surface area contributed by atoms with E-state index in [1.165, 1.54) is 0 Å². The molecule has 4 atom stereocenters. The third-order valence-electron chi connectivity index (χ3n) is 12.4. The molecule has 0 radical (unpaired) electrons. The number of benzene rings is 5. The molecule has 0 heterocycles. The number of aliphatic imine (C=N–C) groups is 1. The van der Waals surface area contributed by atoms with Gasteiger partial charge in [-0.25, -0.2) is 9.59 Å².